The van der Waals surface area contributed by atoms with E-state index in [2.05, 4.69) is 9.97 Å². The lowest BCUT2D eigenvalue weighted by atomic mass is 9.78. The molecule has 1 saturated heterocycles. The van der Waals surface area contributed by atoms with Gasteiger partial charge in [0, 0.05) is 32.2 Å². The molecule has 118 valence electrons. The van der Waals surface area contributed by atoms with Gasteiger partial charge in [0.25, 0.3) is 5.88 Å². The van der Waals surface area contributed by atoms with E-state index in [0.29, 0.717) is 19.1 Å². The molecule has 7 heteroatoms. The van der Waals surface area contributed by atoms with E-state index in [4.69, 9.17) is 9.47 Å². The summed E-state index contributed by atoms with van der Waals surface area (Å²) in [5.41, 5.74) is -0.223. The molecule has 0 aliphatic carbocycles. The molecule has 0 saturated carbocycles. The molecule has 1 aliphatic rings. The van der Waals surface area contributed by atoms with Crippen molar-refractivity contribution < 1.29 is 19.0 Å². The van der Waals surface area contributed by atoms with E-state index in [1.54, 1.807) is 7.11 Å². The van der Waals surface area contributed by atoms with Crippen LogP contribution in [0, 0.1) is 11.2 Å². The molecule has 0 radical (unpaired) electrons. The fourth-order valence-electron chi connectivity index (χ4n) is 2.75. The highest BCUT2D eigenvalue weighted by Gasteiger charge is 2.35. The van der Waals surface area contributed by atoms with Crippen LogP contribution >= 0.6 is 0 Å². The molecule has 6 nitrogen and oxygen atoms in total. The summed E-state index contributed by atoms with van der Waals surface area (Å²) in [5, 5.41) is 9.77. The van der Waals surface area contributed by atoms with E-state index in [9.17, 15) is 9.50 Å². The van der Waals surface area contributed by atoms with Gasteiger partial charge < -0.3 is 19.5 Å². The van der Waals surface area contributed by atoms with Crippen molar-refractivity contribution in [2.45, 2.75) is 19.3 Å². The Balaban J connectivity index is 2.16. The lowest BCUT2D eigenvalue weighted by Gasteiger charge is -2.41. The van der Waals surface area contributed by atoms with Gasteiger partial charge in [0.05, 0.1) is 19.9 Å². The van der Waals surface area contributed by atoms with E-state index in [1.807, 2.05) is 4.90 Å². The highest BCUT2D eigenvalue weighted by molar-refractivity contribution is 5.34. The topological polar surface area (TPSA) is 67.7 Å². The summed E-state index contributed by atoms with van der Waals surface area (Å²) in [6, 6.07) is 0. The molecule has 0 aromatic carbocycles. The average molecular weight is 299 g/mol. The van der Waals surface area contributed by atoms with Gasteiger partial charge in [-0.1, -0.05) is 0 Å². The molecule has 2 heterocycles. The first-order chi connectivity index (χ1) is 10.1. The number of aromatic nitrogens is 2. The molecule has 1 fully saturated rings. The Morgan fingerprint density at radius 2 is 2.29 bits per heavy atom. The third kappa shape index (κ3) is 3.59. The smallest absolute Gasteiger partial charge is 0.255 e. The first-order valence-electron chi connectivity index (χ1n) is 7.05. The van der Waals surface area contributed by atoms with E-state index >= 15 is 0 Å². The molecule has 1 N–H and O–H groups in total. The van der Waals surface area contributed by atoms with Crippen molar-refractivity contribution in [3.05, 3.63) is 12.0 Å². The van der Waals surface area contributed by atoms with Crippen LogP contribution < -0.4 is 9.64 Å². The maximum Gasteiger partial charge on any atom is 0.255 e. The van der Waals surface area contributed by atoms with Crippen molar-refractivity contribution in [1.29, 1.82) is 0 Å². The second-order valence-corrected chi connectivity index (χ2v) is 5.45. The number of piperidine rings is 1. The predicted molar refractivity (Wildman–Crippen MR) is 76.0 cm³/mol. The molecule has 1 aromatic heterocycles. The third-order valence-corrected chi connectivity index (χ3v) is 4.01. The monoisotopic (exact) mass is 299 g/mol. The summed E-state index contributed by atoms with van der Waals surface area (Å²) >= 11 is 0. The Labute approximate surface area is 123 Å². The Bertz CT molecular complexity index is 475. The average Bonchev–Trinajstić information content (AvgIpc) is 2.53. The summed E-state index contributed by atoms with van der Waals surface area (Å²) in [4.78, 5) is 10.1. The van der Waals surface area contributed by atoms with Gasteiger partial charge in [-0.25, -0.2) is 4.98 Å². The van der Waals surface area contributed by atoms with Gasteiger partial charge in [-0.15, -0.1) is 0 Å². The van der Waals surface area contributed by atoms with Gasteiger partial charge in [-0.2, -0.15) is 9.37 Å². The molecule has 0 spiro atoms. The van der Waals surface area contributed by atoms with Gasteiger partial charge in [-0.3, -0.25) is 0 Å². The molecule has 1 aliphatic heterocycles. The summed E-state index contributed by atoms with van der Waals surface area (Å²) in [5.74, 6) is -0.202. The Kier molecular flexibility index (Phi) is 5.30. The molecule has 0 bridgehead atoms. The summed E-state index contributed by atoms with van der Waals surface area (Å²) < 4.78 is 23.4. The van der Waals surface area contributed by atoms with Crippen LogP contribution in [0.5, 0.6) is 5.88 Å². The largest absolute Gasteiger partial charge is 0.479 e. The van der Waals surface area contributed by atoms with Crippen LogP contribution in [0.3, 0.4) is 0 Å². The SMILES string of the molecule is COCCC1(CO)CCCN(c2ncc(F)c(OC)n2)C1. The van der Waals surface area contributed by atoms with E-state index in [0.717, 1.165) is 32.0 Å². The van der Waals surface area contributed by atoms with E-state index < -0.39 is 5.82 Å². The van der Waals surface area contributed by atoms with Crippen LogP contribution in [0.1, 0.15) is 19.3 Å². The van der Waals surface area contributed by atoms with Crippen LogP contribution in [-0.4, -0.2) is 55.6 Å². The quantitative estimate of drug-likeness (QED) is 0.852. The van der Waals surface area contributed by atoms with Crippen LogP contribution in [0.2, 0.25) is 0 Å². The highest BCUT2D eigenvalue weighted by atomic mass is 19.1. The maximum absolute atomic E-state index is 13.4. The maximum atomic E-state index is 13.4. The number of anilines is 1. The lowest BCUT2D eigenvalue weighted by molar-refractivity contribution is 0.0622. The fraction of sp³-hybridized carbons (Fsp3) is 0.714. The molecule has 1 aromatic rings. The molecule has 1 unspecified atom stereocenters. The van der Waals surface area contributed by atoms with Crippen molar-refractivity contribution in [3.63, 3.8) is 0 Å². The number of aliphatic hydroxyl groups excluding tert-OH is 1. The zero-order valence-electron chi connectivity index (χ0n) is 12.5. The van der Waals surface area contributed by atoms with Crippen LogP contribution in [0.15, 0.2) is 6.20 Å². The number of nitrogens with zero attached hydrogens (tertiary/aromatic N) is 3. The minimum atomic E-state index is -0.578. The van der Waals surface area contributed by atoms with Crippen molar-refractivity contribution in [2.24, 2.45) is 5.41 Å². The highest BCUT2D eigenvalue weighted by Crippen LogP contribution is 2.34. The standard InChI is InChI=1S/C14H22FN3O3/c1-20-7-5-14(10-19)4-3-6-18(9-14)13-16-8-11(15)12(17-13)21-2/h8,19H,3-7,9-10H2,1-2H3. The summed E-state index contributed by atoms with van der Waals surface area (Å²) in [6.45, 7) is 2.10. The Hall–Kier alpha value is -1.47. The summed E-state index contributed by atoms with van der Waals surface area (Å²) in [7, 11) is 3.03. The van der Waals surface area contributed by atoms with Gasteiger partial charge in [0.2, 0.25) is 11.8 Å². The minimum absolute atomic E-state index is 0.0583. The normalized spacial score (nSPS) is 22.4. The second-order valence-electron chi connectivity index (χ2n) is 5.45. The molecular weight excluding hydrogens is 277 g/mol. The Morgan fingerprint density at radius 3 is 2.95 bits per heavy atom. The van der Waals surface area contributed by atoms with E-state index in [-0.39, 0.29) is 17.9 Å². The first kappa shape index (κ1) is 15.9. The molecule has 1 atom stereocenters. The van der Waals surface area contributed by atoms with Crippen LogP contribution in [0.4, 0.5) is 10.3 Å². The second kappa shape index (κ2) is 7.00. The fourth-order valence-corrected chi connectivity index (χ4v) is 2.75. The lowest BCUT2D eigenvalue weighted by Crippen LogP contribution is -2.46. The van der Waals surface area contributed by atoms with Gasteiger partial charge in [-0.05, 0) is 19.3 Å². The van der Waals surface area contributed by atoms with Crippen molar-refractivity contribution >= 4 is 5.95 Å². The van der Waals surface area contributed by atoms with Crippen LogP contribution in [0.25, 0.3) is 0 Å². The molecule has 21 heavy (non-hydrogen) atoms. The van der Waals surface area contributed by atoms with E-state index in [1.165, 1.54) is 7.11 Å². The number of hydrogen-bond donors (Lipinski definition) is 1. The van der Waals surface area contributed by atoms with Crippen molar-refractivity contribution in [3.8, 4) is 5.88 Å². The predicted octanol–water partition coefficient (Wildman–Crippen LogP) is 1.24. The summed E-state index contributed by atoms with van der Waals surface area (Å²) in [6.07, 6.45) is 3.75. The van der Waals surface area contributed by atoms with Crippen molar-refractivity contribution in [1.82, 2.24) is 9.97 Å². The van der Waals surface area contributed by atoms with Crippen molar-refractivity contribution in [2.75, 3.05) is 45.4 Å². The first-order valence-corrected chi connectivity index (χ1v) is 7.05. The third-order valence-electron chi connectivity index (χ3n) is 4.01. The zero-order valence-corrected chi connectivity index (χ0v) is 12.5. The minimum Gasteiger partial charge on any atom is -0.479 e. The number of rotatable bonds is 6. The van der Waals surface area contributed by atoms with Gasteiger partial charge >= 0.3 is 0 Å². The van der Waals surface area contributed by atoms with Gasteiger partial charge in [0.1, 0.15) is 0 Å². The number of halogens is 1. The van der Waals surface area contributed by atoms with Gasteiger partial charge in [0.15, 0.2) is 0 Å². The molecule has 2 rings (SSSR count). The number of aliphatic hydroxyl groups is 1. The number of hydrogen-bond acceptors (Lipinski definition) is 6. The molecular formula is C14H22FN3O3. The Morgan fingerprint density at radius 1 is 1.48 bits per heavy atom. The number of methoxy groups -OCH3 is 2. The van der Waals surface area contributed by atoms with Crippen LogP contribution in [-0.2, 0) is 4.74 Å². The molecule has 0 amide bonds. The number of ether oxygens (including phenoxy) is 2. The zero-order chi connectivity index (χ0) is 15.3.